The van der Waals surface area contributed by atoms with E-state index in [2.05, 4.69) is 9.62 Å². The molecule has 3 aliphatic rings. The Morgan fingerprint density at radius 3 is 2.70 bits per heavy atom. The van der Waals surface area contributed by atoms with Crippen LogP contribution < -0.4 is 10.5 Å². The second kappa shape index (κ2) is 5.88. The first-order valence-electron chi connectivity index (χ1n) is 7.85. The molecule has 0 saturated carbocycles. The van der Waals surface area contributed by atoms with E-state index in [1.807, 2.05) is 0 Å². The predicted molar refractivity (Wildman–Crippen MR) is 78.5 cm³/mol. The molecular formula is C13H26N4O2S. The maximum atomic E-state index is 12.6. The quantitative estimate of drug-likeness (QED) is 0.758. The lowest BCUT2D eigenvalue weighted by Crippen LogP contribution is -2.55. The minimum atomic E-state index is -3.39. The lowest BCUT2D eigenvalue weighted by molar-refractivity contribution is 0.250. The van der Waals surface area contributed by atoms with Gasteiger partial charge in [-0.2, -0.15) is 17.4 Å². The van der Waals surface area contributed by atoms with Crippen molar-refractivity contribution < 1.29 is 8.42 Å². The summed E-state index contributed by atoms with van der Waals surface area (Å²) in [6.45, 7) is 3.18. The van der Waals surface area contributed by atoms with Crippen LogP contribution in [-0.2, 0) is 10.2 Å². The van der Waals surface area contributed by atoms with Gasteiger partial charge in [0.15, 0.2) is 0 Å². The van der Waals surface area contributed by atoms with Crippen molar-refractivity contribution in [3.63, 3.8) is 0 Å². The molecule has 3 fully saturated rings. The first-order chi connectivity index (χ1) is 9.62. The Bertz CT molecular complexity index is 442. The van der Waals surface area contributed by atoms with Gasteiger partial charge in [-0.05, 0) is 38.6 Å². The minimum Gasteiger partial charge on any atom is -0.329 e. The second-order valence-corrected chi connectivity index (χ2v) is 7.91. The van der Waals surface area contributed by atoms with Gasteiger partial charge in [0.25, 0.3) is 10.2 Å². The molecular weight excluding hydrogens is 276 g/mol. The fraction of sp³-hybridized carbons (Fsp3) is 1.00. The number of nitrogens with one attached hydrogen (secondary N) is 1. The van der Waals surface area contributed by atoms with Crippen molar-refractivity contribution in [3.8, 4) is 0 Å². The summed E-state index contributed by atoms with van der Waals surface area (Å²) in [6, 6.07) is 0.469. The fourth-order valence-electron chi connectivity index (χ4n) is 4.00. The highest BCUT2D eigenvalue weighted by atomic mass is 32.2. The third kappa shape index (κ3) is 2.74. The van der Waals surface area contributed by atoms with Crippen molar-refractivity contribution in [1.29, 1.82) is 0 Å². The van der Waals surface area contributed by atoms with Crippen LogP contribution in [0.3, 0.4) is 0 Å². The Hall–Kier alpha value is -0.210. The molecule has 3 atom stereocenters. The van der Waals surface area contributed by atoms with Crippen molar-refractivity contribution in [1.82, 2.24) is 13.9 Å². The molecule has 3 aliphatic heterocycles. The molecule has 20 heavy (non-hydrogen) atoms. The van der Waals surface area contributed by atoms with Crippen molar-refractivity contribution in [2.75, 3.05) is 26.2 Å². The van der Waals surface area contributed by atoms with Crippen LogP contribution in [0.5, 0.6) is 0 Å². The zero-order chi connectivity index (χ0) is 14.2. The van der Waals surface area contributed by atoms with Gasteiger partial charge in [0, 0.05) is 37.8 Å². The molecule has 3 unspecified atom stereocenters. The predicted octanol–water partition coefficient (Wildman–Crippen LogP) is -0.129. The third-order valence-corrected chi connectivity index (χ3v) is 6.76. The van der Waals surface area contributed by atoms with E-state index in [1.165, 1.54) is 6.42 Å². The maximum Gasteiger partial charge on any atom is 0.280 e. The molecule has 0 aromatic rings. The summed E-state index contributed by atoms with van der Waals surface area (Å²) < 4.78 is 29.8. The molecule has 6 nitrogen and oxygen atoms in total. The van der Waals surface area contributed by atoms with E-state index in [0.717, 1.165) is 45.2 Å². The number of nitrogens with zero attached hydrogens (tertiary/aromatic N) is 2. The summed E-state index contributed by atoms with van der Waals surface area (Å²) in [7, 11) is -3.39. The summed E-state index contributed by atoms with van der Waals surface area (Å²) in [6.07, 6.45) is 6.15. The van der Waals surface area contributed by atoms with Crippen molar-refractivity contribution in [2.24, 2.45) is 5.73 Å². The Kier molecular flexibility index (Phi) is 4.33. The molecule has 3 saturated heterocycles. The van der Waals surface area contributed by atoms with E-state index in [4.69, 9.17) is 5.73 Å². The summed E-state index contributed by atoms with van der Waals surface area (Å²) in [5.74, 6) is 0. The average molecular weight is 302 g/mol. The van der Waals surface area contributed by atoms with Gasteiger partial charge < -0.3 is 5.73 Å². The lowest BCUT2D eigenvalue weighted by atomic mass is 10.1. The average Bonchev–Trinajstić information content (AvgIpc) is 3.04. The van der Waals surface area contributed by atoms with Crippen LogP contribution in [0.4, 0.5) is 0 Å². The van der Waals surface area contributed by atoms with E-state index in [1.54, 1.807) is 4.31 Å². The Labute approximate surface area is 121 Å². The number of rotatable bonds is 4. The number of piperidine rings is 1. The van der Waals surface area contributed by atoms with E-state index in [0.29, 0.717) is 19.1 Å². The first-order valence-corrected chi connectivity index (χ1v) is 9.29. The molecule has 0 aliphatic carbocycles. The van der Waals surface area contributed by atoms with Crippen LogP contribution in [-0.4, -0.2) is 61.9 Å². The number of nitrogens with two attached hydrogens (primary N) is 1. The standard InChI is InChI=1S/C13H26N4O2S/c14-10-11-4-1-2-8-17(11)20(18,19)15-12-6-9-16-7-3-5-13(12)16/h11-13,15H,1-10,14H2. The van der Waals surface area contributed by atoms with Crippen LogP contribution in [0.2, 0.25) is 0 Å². The smallest absolute Gasteiger partial charge is 0.280 e. The number of hydrogen-bond donors (Lipinski definition) is 2. The van der Waals surface area contributed by atoms with E-state index in [9.17, 15) is 8.42 Å². The molecule has 3 N–H and O–H groups in total. The molecule has 3 heterocycles. The van der Waals surface area contributed by atoms with Crippen LogP contribution in [0.15, 0.2) is 0 Å². The molecule has 3 rings (SSSR count). The van der Waals surface area contributed by atoms with Gasteiger partial charge in [0.1, 0.15) is 0 Å². The lowest BCUT2D eigenvalue weighted by Gasteiger charge is -2.35. The van der Waals surface area contributed by atoms with Gasteiger partial charge in [-0.3, -0.25) is 4.90 Å². The van der Waals surface area contributed by atoms with Crippen LogP contribution in [0.25, 0.3) is 0 Å². The fourth-order valence-corrected chi connectivity index (χ4v) is 5.75. The normalized spacial score (nSPS) is 36.4. The van der Waals surface area contributed by atoms with Gasteiger partial charge in [-0.15, -0.1) is 0 Å². The molecule has 7 heteroatoms. The summed E-state index contributed by atoms with van der Waals surface area (Å²) in [5, 5.41) is 0. The Morgan fingerprint density at radius 2 is 1.90 bits per heavy atom. The molecule has 116 valence electrons. The molecule has 0 aromatic heterocycles. The zero-order valence-electron chi connectivity index (χ0n) is 12.0. The zero-order valence-corrected chi connectivity index (χ0v) is 12.8. The highest BCUT2D eigenvalue weighted by molar-refractivity contribution is 7.87. The van der Waals surface area contributed by atoms with Gasteiger partial charge in [-0.1, -0.05) is 6.42 Å². The van der Waals surface area contributed by atoms with Crippen molar-refractivity contribution in [3.05, 3.63) is 0 Å². The molecule has 0 aromatic carbocycles. The van der Waals surface area contributed by atoms with Crippen molar-refractivity contribution in [2.45, 2.75) is 56.7 Å². The number of hydrogen-bond acceptors (Lipinski definition) is 4. The molecule has 0 amide bonds. The topological polar surface area (TPSA) is 78.7 Å². The highest BCUT2D eigenvalue weighted by Gasteiger charge is 2.41. The van der Waals surface area contributed by atoms with Gasteiger partial charge in [-0.25, -0.2) is 0 Å². The van der Waals surface area contributed by atoms with Crippen LogP contribution >= 0.6 is 0 Å². The minimum absolute atomic E-state index is 0.0256. The SMILES string of the molecule is NCC1CCCCN1S(=O)(=O)NC1CCN2CCCC12. The largest absolute Gasteiger partial charge is 0.329 e. The molecule has 0 radical (unpaired) electrons. The maximum absolute atomic E-state index is 12.6. The van der Waals surface area contributed by atoms with E-state index in [-0.39, 0.29) is 12.1 Å². The summed E-state index contributed by atoms with van der Waals surface area (Å²) in [4.78, 5) is 2.42. The molecule has 0 bridgehead atoms. The van der Waals surface area contributed by atoms with Crippen LogP contribution in [0, 0.1) is 0 Å². The third-order valence-electron chi connectivity index (χ3n) is 5.06. The van der Waals surface area contributed by atoms with Gasteiger partial charge in [0.05, 0.1) is 0 Å². The highest BCUT2D eigenvalue weighted by Crippen LogP contribution is 2.29. The van der Waals surface area contributed by atoms with E-state index >= 15 is 0 Å². The Balaban J connectivity index is 1.68. The Morgan fingerprint density at radius 1 is 1.05 bits per heavy atom. The van der Waals surface area contributed by atoms with E-state index < -0.39 is 10.2 Å². The molecule has 0 spiro atoms. The van der Waals surface area contributed by atoms with Crippen molar-refractivity contribution >= 4 is 10.2 Å². The second-order valence-electron chi connectivity index (χ2n) is 6.26. The summed E-state index contributed by atoms with van der Waals surface area (Å²) >= 11 is 0. The van der Waals surface area contributed by atoms with Crippen LogP contribution in [0.1, 0.15) is 38.5 Å². The summed E-state index contributed by atoms with van der Waals surface area (Å²) in [5.41, 5.74) is 5.74. The van der Waals surface area contributed by atoms with Gasteiger partial charge in [0.2, 0.25) is 0 Å². The first kappa shape index (κ1) is 14.7. The number of fused-ring (bicyclic) bond motifs is 1. The van der Waals surface area contributed by atoms with Gasteiger partial charge >= 0.3 is 0 Å². The monoisotopic (exact) mass is 302 g/mol.